The average Bonchev–Trinajstić information content (AvgIpc) is 2.62. The number of aryl methyl sites for hydroxylation is 1. The van der Waals surface area contributed by atoms with Gasteiger partial charge in [0.05, 0.1) is 15.7 Å². The number of rotatable bonds is 7. The van der Waals surface area contributed by atoms with Crippen molar-refractivity contribution < 1.29 is 19.1 Å². The number of esters is 1. The van der Waals surface area contributed by atoms with E-state index in [4.69, 9.17) is 32.7 Å². The van der Waals surface area contributed by atoms with E-state index in [0.717, 1.165) is 6.42 Å². The zero-order valence-electron chi connectivity index (χ0n) is 13.6. The number of hydrogen-bond acceptors (Lipinski definition) is 4. The van der Waals surface area contributed by atoms with Crippen LogP contribution in [0.15, 0.2) is 42.5 Å². The lowest BCUT2D eigenvalue weighted by molar-refractivity contribution is -0.149. The molecule has 1 amide bonds. The highest BCUT2D eigenvalue weighted by molar-refractivity contribution is 6.44. The van der Waals surface area contributed by atoms with Crippen LogP contribution in [0.1, 0.15) is 12.5 Å². The number of amides is 1. The molecule has 0 aromatic heterocycles. The lowest BCUT2D eigenvalue weighted by Gasteiger charge is -2.09. The van der Waals surface area contributed by atoms with Gasteiger partial charge in [0.2, 0.25) is 0 Å². The summed E-state index contributed by atoms with van der Waals surface area (Å²) in [6.45, 7) is 1.32. The standard InChI is InChI=1S/C18H17Cl2NO4/c1-2-12-6-8-13(9-7-12)24-11-17(23)25-10-16(22)21-15-5-3-4-14(19)18(15)20/h3-9H,2,10-11H2,1H3,(H,21,22). The predicted octanol–water partition coefficient (Wildman–Crippen LogP) is 4.12. The molecule has 0 saturated carbocycles. The molecule has 2 aromatic carbocycles. The molecule has 2 aromatic rings. The summed E-state index contributed by atoms with van der Waals surface area (Å²) in [6, 6.07) is 12.2. The minimum Gasteiger partial charge on any atom is -0.482 e. The number of nitrogens with one attached hydrogen (secondary N) is 1. The van der Waals surface area contributed by atoms with Crippen LogP contribution in [-0.4, -0.2) is 25.1 Å². The van der Waals surface area contributed by atoms with Crippen molar-refractivity contribution in [2.75, 3.05) is 18.5 Å². The number of ether oxygens (including phenoxy) is 2. The SMILES string of the molecule is CCc1ccc(OCC(=O)OCC(=O)Nc2cccc(Cl)c2Cl)cc1. The van der Waals surface area contributed by atoms with Crippen molar-refractivity contribution in [3.05, 3.63) is 58.1 Å². The molecule has 5 nitrogen and oxygen atoms in total. The summed E-state index contributed by atoms with van der Waals surface area (Å²) in [4.78, 5) is 23.4. The van der Waals surface area contributed by atoms with Gasteiger partial charge in [0.15, 0.2) is 13.2 Å². The topological polar surface area (TPSA) is 64.6 Å². The molecule has 0 bridgehead atoms. The summed E-state index contributed by atoms with van der Waals surface area (Å²) < 4.78 is 10.2. The molecule has 0 aliphatic rings. The van der Waals surface area contributed by atoms with E-state index < -0.39 is 18.5 Å². The van der Waals surface area contributed by atoms with Crippen molar-refractivity contribution in [3.8, 4) is 5.75 Å². The van der Waals surface area contributed by atoms with Crippen LogP contribution in [0.2, 0.25) is 10.0 Å². The third-order valence-corrected chi connectivity index (χ3v) is 4.10. The molecule has 0 aliphatic carbocycles. The van der Waals surface area contributed by atoms with E-state index in [9.17, 15) is 9.59 Å². The molecule has 0 radical (unpaired) electrons. The Kier molecular flexibility index (Phi) is 7.10. The van der Waals surface area contributed by atoms with Gasteiger partial charge in [-0.1, -0.05) is 48.3 Å². The molecule has 132 valence electrons. The van der Waals surface area contributed by atoms with Gasteiger partial charge in [-0.05, 0) is 36.2 Å². The minimum atomic E-state index is -0.646. The smallest absolute Gasteiger partial charge is 0.344 e. The molecule has 0 atom stereocenters. The maximum atomic E-state index is 11.8. The van der Waals surface area contributed by atoms with Crippen molar-refractivity contribution in [3.63, 3.8) is 0 Å². The molecule has 7 heteroatoms. The molecule has 0 heterocycles. The van der Waals surface area contributed by atoms with Gasteiger partial charge in [-0.3, -0.25) is 4.79 Å². The van der Waals surface area contributed by atoms with Gasteiger partial charge in [0.25, 0.3) is 5.91 Å². The third-order valence-electron chi connectivity index (χ3n) is 3.28. The predicted molar refractivity (Wildman–Crippen MR) is 97.4 cm³/mol. The van der Waals surface area contributed by atoms with Gasteiger partial charge >= 0.3 is 5.97 Å². The minimum absolute atomic E-state index is 0.225. The number of carbonyl (C=O) groups is 2. The summed E-state index contributed by atoms with van der Waals surface area (Å²) in [6.07, 6.45) is 0.925. The number of benzene rings is 2. The molecule has 0 spiro atoms. The molecule has 2 rings (SSSR count). The second-order valence-electron chi connectivity index (χ2n) is 5.10. The van der Waals surface area contributed by atoms with Gasteiger partial charge in [-0.2, -0.15) is 0 Å². The van der Waals surface area contributed by atoms with Crippen LogP contribution in [0.3, 0.4) is 0 Å². The maximum absolute atomic E-state index is 11.8. The van der Waals surface area contributed by atoms with E-state index in [0.29, 0.717) is 16.5 Å². The second kappa shape index (κ2) is 9.30. The lowest BCUT2D eigenvalue weighted by Crippen LogP contribution is -2.23. The molecular weight excluding hydrogens is 365 g/mol. The van der Waals surface area contributed by atoms with Crippen LogP contribution in [0, 0.1) is 0 Å². The summed E-state index contributed by atoms with van der Waals surface area (Å²) in [7, 11) is 0. The fraction of sp³-hybridized carbons (Fsp3) is 0.222. The molecular formula is C18H17Cl2NO4. The first kappa shape index (κ1) is 19.1. The van der Waals surface area contributed by atoms with Gasteiger partial charge in [-0.25, -0.2) is 4.79 Å². The highest BCUT2D eigenvalue weighted by atomic mass is 35.5. The fourth-order valence-electron chi connectivity index (χ4n) is 1.94. The Morgan fingerprint density at radius 3 is 2.44 bits per heavy atom. The highest BCUT2D eigenvalue weighted by Crippen LogP contribution is 2.29. The van der Waals surface area contributed by atoms with Crippen LogP contribution >= 0.6 is 23.2 Å². The van der Waals surface area contributed by atoms with Crippen molar-refractivity contribution in [2.24, 2.45) is 0 Å². The number of halogens is 2. The van der Waals surface area contributed by atoms with Gasteiger partial charge in [-0.15, -0.1) is 0 Å². The summed E-state index contributed by atoms with van der Waals surface area (Å²) in [5.41, 5.74) is 1.52. The Labute approximate surface area is 155 Å². The first-order valence-corrected chi connectivity index (χ1v) is 8.36. The zero-order chi connectivity index (χ0) is 18.2. The first-order valence-electron chi connectivity index (χ1n) is 7.60. The largest absolute Gasteiger partial charge is 0.482 e. The van der Waals surface area contributed by atoms with E-state index >= 15 is 0 Å². The Balaban J connectivity index is 1.75. The summed E-state index contributed by atoms with van der Waals surface area (Å²) >= 11 is 11.8. The van der Waals surface area contributed by atoms with Crippen LogP contribution in [0.25, 0.3) is 0 Å². The van der Waals surface area contributed by atoms with Gasteiger partial charge < -0.3 is 14.8 Å². The van der Waals surface area contributed by atoms with Crippen LogP contribution in [-0.2, 0) is 20.7 Å². The number of hydrogen-bond donors (Lipinski definition) is 1. The molecule has 0 fully saturated rings. The van der Waals surface area contributed by atoms with E-state index in [1.807, 2.05) is 12.1 Å². The first-order chi connectivity index (χ1) is 12.0. The third kappa shape index (κ3) is 5.96. The van der Waals surface area contributed by atoms with E-state index in [1.165, 1.54) is 5.56 Å². The summed E-state index contributed by atoms with van der Waals surface area (Å²) in [5, 5.41) is 3.06. The normalized spacial score (nSPS) is 10.2. The molecule has 0 unspecified atom stereocenters. The molecule has 1 N–H and O–H groups in total. The van der Waals surface area contributed by atoms with E-state index in [-0.39, 0.29) is 11.6 Å². The van der Waals surface area contributed by atoms with E-state index in [2.05, 4.69) is 12.2 Å². The van der Waals surface area contributed by atoms with Gasteiger partial charge in [0.1, 0.15) is 5.75 Å². The van der Waals surface area contributed by atoms with Crippen LogP contribution < -0.4 is 10.1 Å². The van der Waals surface area contributed by atoms with Gasteiger partial charge in [0, 0.05) is 0 Å². The zero-order valence-corrected chi connectivity index (χ0v) is 15.1. The Bertz CT molecular complexity index is 747. The Morgan fingerprint density at radius 2 is 1.76 bits per heavy atom. The highest BCUT2D eigenvalue weighted by Gasteiger charge is 2.11. The molecule has 0 aliphatic heterocycles. The van der Waals surface area contributed by atoms with Crippen LogP contribution in [0.5, 0.6) is 5.75 Å². The lowest BCUT2D eigenvalue weighted by atomic mass is 10.2. The van der Waals surface area contributed by atoms with Crippen molar-refractivity contribution in [1.82, 2.24) is 0 Å². The van der Waals surface area contributed by atoms with Crippen molar-refractivity contribution in [1.29, 1.82) is 0 Å². The number of anilines is 1. The fourth-order valence-corrected chi connectivity index (χ4v) is 2.29. The van der Waals surface area contributed by atoms with Crippen LogP contribution in [0.4, 0.5) is 5.69 Å². The monoisotopic (exact) mass is 381 g/mol. The average molecular weight is 382 g/mol. The Morgan fingerprint density at radius 1 is 1.04 bits per heavy atom. The van der Waals surface area contributed by atoms with Crippen molar-refractivity contribution in [2.45, 2.75) is 13.3 Å². The second-order valence-corrected chi connectivity index (χ2v) is 5.88. The maximum Gasteiger partial charge on any atom is 0.344 e. The summed E-state index contributed by atoms with van der Waals surface area (Å²) in [5.74, 6) is -0.610. The Hall–Kier alpha value is -2.24. The van der Waals surface area contributed by atoms with Crippen molar-refractivity contribution >= 4 is 40.8 Å². The quantitative estimate of drug-likeness (QED) is 0.732. The molecule has 0 saturated heterocycles. The molecule has 25 heavy (non-hydrogen) atoms. The van der Waals surface area contributed by atoms with E-state index in [1.54, 1.807) is 30.3 Å². The number of carbonyl (C=O) groups excluding carboxylic acids is 2.